The van der Waals surface area contributed by atoms with Gasteiger partial charge in [0.05, 0.1) is 0 Å². The van der Waals surface area contributed by atoms with Crippen LogP contribution in [0, 0.1) is 11.8 Å². The van der Waals surface area contributed by atoms with Crippen molar-refractivity contribution in [1.29, 1.82) is 0 Å². The van der Waals surface area contributed by atoms with Gasteiger partial charge in [0.25, 0.3) is 0 Å². The number of hydrogen-bond donors (Lipinski definition) is 1. The van der Waals surface area contributed by atoms with Gasteiger partial charge in [-0.05, 0) is 44.2 Å². The van der Waals surface area contributed by atoms with Gasteiger partial charge in [-0.25, -0.2) is 0 Å². The molecule has 0 spiro atoms. The molecular formula is C11H25N. The van der Waals surface area contributed by atoms with Crippen molar-refractivity contribution in [2.45, 2.75) is 47.0 Å². The van der Waals surface area contributed by atoms with E-state index in [1.807, 2.05) is 13.8 Å². The lowest BCUT2D eigenvalue weighted by Gasteiger charge is -2.32. The molecule has 0 unspecified atom stereocenters. The highest BCUT2D eigenvalue weighted by molar-refractivity contribution is 4.77. The first-order valence-electron chi connectivity index (χ1n) is 5.53. The normalized spacial score (nSPS) is 27.0. The minimum Gasteiger partial charge on any atom is -0.316 e. The minimum absolute atomic E-state index is 1.00. The summed E-state index contributed by atoms with van der Waals surface area (Å²) >= 11 is 0. The second-order valence-corrected chi connectivity index (χ2v) is 3.65. The topological polar surface area (TPSA) is 12.0 Å². The third kappa shape index (κ3) is 4.76. The first kappa shape index (κ1) is 12.0. The molecule has 0 aromatic rings. The molecule has 0 atom stereocenters. The molecule has 1 rings (SSSR count). The predicted molar refractivity (Wildman–Crippen MR) is 56.4 cm³/mol. The molecule has 1 aliphatic rings. The Morgan fingerprint density at radius 3 is 2.25 bits per heavy atom. The van der Waals surface area contributed by atoms with E-state index in [9.17, 15) is 0 Å². The quantitative estimate of drug-likeness (QED) is 0.641. The third-order valence-electron chi connectivity index (χ3n) is 2.33. The Morgan fingerprint density at radius 1 is 1.25 bits per heavy atom. The standard InChI is InChI=1S/C9H19N.C2H6/c1-3-4-10-7-9-5-8(2)6-9;1-2/h8-10H,3-7H2,1-2H3;1-2H3. The maximum absolute atomic E-state index is 3.46. The van der Waals surface area contributed by atoms with Crippen LogP contribution in [0.3, 0.4) is 0 Å². The Balaban J connectivity index is 0.000000561. The van der Waals surface area contributed by atoms with Gasteiger partial charge in [-0.3, -0.25) is 0 Å². The average Bonchev–Trinajstić information content (AvgIpc) is 2.05. The zero-order valence-corrected chi connectivity index (χ0v) is 9.19. The van der Waals surface area contributed by atoms with Crippen molar-refractivity contribution in [3.05, 3.63) is 0 Å². The van der Waals surface area contributed by atoms with Crippen LogP contribution in [-0.2, 0) is 0 Å². The lowest BCUT2D eigenvalue weighted by atomic mass is 9.76. The molecule has 1 aliphatic carbocycles. The van der Waals surface area contributed by atoms with E-state index in [0.717, 1.165) is 11.8 Å². The SMILES string of the molecule is CC.CCCNCC1CC(C)C1. The molecule has 0 bridgehead atoms. The van der Waals surface area contributed by atoms with E-state index in [4.69, 9.17) is 0 Å². The van der Waals surface area contributed by atoms with E-state index in [0.29, 0.717) is 0 Å². The van der Waals surface area contributed by atoms with Crippen molar-refractivity contribution in [2.24, 2.45) is 11.8 Å². The van der Waals surface area contributed by atoms with Gasteiger partial charge in [0.15, 0.2) is 0 Å². The van der Waals surface area contributed by atoms with E-state index >= 15 is 0 Å². The Morgan fingerprint density at radius 2 is 1.83 bits per heavy atom. The number of nitrogens with one attached hydrogen (secondary N) is 1. The van der Waals surface area contributed by atoms with Gasteiger partial charge in [0, 0.05) is 0 Å². The van der Waals surface area contributed by atoms with Crippen LogP contribution < -0.4 is 5.32 Å². The summed E-state index contributed by atoms with van der Waals surface area (Å²) in [4.78, 5) is 0. The first-order chi connectivity index (χ1) is 5.83. The molecule has 0 aromatic carbocycles. The fraction of sp³-hybridized carbons (Fsp3) is 1.00. The van der Waals surface area contributed by atoms with Gasteiger partial charge in [0.2, 0.25) is 0 Å². The largest absolute Gasteiger partial charge is 0.316 e. The molecule has 1 saturated carbocycles. The molecule has 1 fully saturated rings. The highest BCUT2D eigenvalue weighted by atomic mass is 14.9. The van der Waals surface area contributed by atoms with Gasteiger partial charge < -0.3 is 5.32 Å². The van der Waals surface area contributed by atoms with Gasteiger partial charge in [-0.15, -0.1) is 0 Å². The monoisotopic (exact) mass is 171 g/mol. The van der Waals surface area contributed by atoms with Crippen molar-refractivity contribution >= 4 is 0 Å². The Bertz CT molecular complexity index is 85.0. The smallest absolute Gasteiger partial charge is 0.00203 e. The van der Waals surface area contributed by atoms with E-state index in [1.165, 1.54) is 32.4 Å². The molecule has 0 heterocycles. The van der Waals surface area contributed by atoms with Crippen LogP contribution in [-0.4, -0.2) is 13.1 Å². The summed E-state index contributed by atoms with van der Waals surface area (Å²) in [6, 6.07) is 0. The maximum Gasteiger partial charge on any atom is -0.00203 e. The van der Waals surface area contributed by atoms with E-state index in [2.05, 4.69) is 19.2 Å². The Kier molecular flexibility index (Phi) is 7.58. The molecule has 0 aliphatic heterocycles. The van der Waals surface area contributed by atoms with Crippen LogP contribution in [0.25, 0.3) is 0 Å². The van der Waals surface area contributed by atoms with Gasteiger partial charge >= 0.3 is 0 Å². The van der Waals surface area contributed by atoms with E-state index < -0.39 is 0 Å². The molecule has 0 amide bonds. The van der Waals surface area contributed by atoms with E-state index in [-0.39, 0.29) is 0 Å². The Hall–Kier alpha value is -0.0400. The molecule has 1 heteroatoms. The molecule has 1 N–H and O–H groups in total. The minimum atomic E-state index is 1.00. The third-order valence-corrected chi connectivity index (χ3v) is 2.33. The Labute approximate surface area is 77.9 Å². The molecule has 1 nitrogen and oxygen atoms in total. The summed E-state index contributed by atoms with van der Waals surface area (Å²) in [5, 5.41) is 3.46. The van der Waals surface area contributed by atoms with Crippen molar-refractivity contribution in [3.63, 3.8) is 0 Å². The molecular weight excluding hydrogens is 146 g/mol. The van der Waals surface area contributed by atoms with E-state index in [1.54, 1.807) is 0 Å². The van der Waals surface area contributed by atoms with Gasteiger partial charge in [0.1, 0.15) is 0 Å². The van der Waals surface area contributed by atoms with Crippen LogP contribution in [0.5, 0.6) is 0 Å². The van der Waals surface area contributed by atoms with Gasteiger partial charge in [-0.2, -0.15) is 0 Å². The summed E-state index contributed by atoms with van der Waals surface area (Å²) < 4.78 is 0. The van der Waals surface area contributed by atoms with Crippen molar-refractivity contribution in [1.82, 2.24) is 5.32 Å². The lowest BCUT2D eigenvalue weighted by molar-refractivity contribution is 0.207. The molecule has 0 radical (unpaired) electrons. The van der Waals surface area contributed by atoms with Crippen molar-refractivity contribution < 1.29 is 0 Å². The second kappa shape index (κ2) is 7.60. The lowest BCUT2D eigenvalue weighted by Crippen LogP contribution is -2.32. The summed E-state index contributed by atoms with van der Waals surface area (Å²) in [6.45, 7) is 11.0. The van der Waals surface area contributed by atoms with Gasteiger partial charge in [-0.1, -0.05) is 27.7 Å². The molecule has 12 heavy (non-hydrogen) atoms. The second-order valence-electron chi connectivity index (χ2n) is 3.65. The fourth-order valence-electron chi connectivity index (χ4n) is 1.72. The number of hydrogen-bond acceptors (Lipinski definition) is 1. The van der Waals surface area contributed by atoms with Crippen LogP contribution >= 0.6 is 0 Å². The van der Waals surface area contributed by atoms with Crippen molar-refractivity contribution in [3.8, 4) is 0 Å². The van der Waals surface area contributed by atoms with Crippen LogP contribution in [0.15, 0.2) is 0 Å². The predicted octanol–water partition coefficient (Wildman–Crippen LogP) is 3.06. The van der Waals surface area contributed by atoms with Crippen LogP contribution in [0.1, 0.15) is 47.0 Å². The summed E-state index contributed by atoms with van der Waals surface area (Å²) in [5.74, 6) is 2.01. The summed E-state index contributed by atoms with van der Waals surface area (Å²) in [7, 11) is 0. The average molecular weight is 171 g/mol. The molecule has 0 saturated heterocycles. The first-order valence-corrected chi connectivity index (χ1v) is 5.53. The van der Waals surface area contributed by atoms with Crippen LogP contribution in [0.4, 0.5) is 0 Å². The molecule has 0 aromatic heterocycles. The maximum atomic E-state index is 3.46. The number of rotatable bonds is 4. The van der Waals surface area contributed by atoms with Crippen LogP contribution in [0.2, 0.25) is 0 Å². The fourth-order valence-corrected chi connectivity index (χ4v) is 1.72. The van der Waals surface area contributed by atoms with Crippen molar-refractivity contribution in [2.75, 3.05) is 13.1 Å². The molecule has 74 valence electrons. The zero-order chi connectivity index (χ0) is 9.40. The summed E-state index contributed by atoms with van der Waals surface area (Å²) in [5.41, 5.74) is 0. The highest BCUT2D eigenvalue weighted by Crippen LogP contribution is 2.32. The summed E-state index contributed by atoms with van der Waals surface area (Å²) in [6.07, 6.45) is 4.18. The highest BCUT2D eigenvalue weighted by Gasteiger charge is 2.24. The zero-order valence-electron chi connectivity index (χ0n) is 9.19.